The van der Waals surface area contributed by atoms with Crippen molar-refractivity contribution in [3.63, 3.8) is 0 Å². The molecule has 0 spiro atoms. The molecule has 0 bridgehead atoms. The summed E-state index contributed by atoms with van der Waals surface area (Å²) in [6.07, 6.45) is 4.54. The minimum atomic E-state index is -0.553. The molecule has 2 N–H and O–H groups in total. The van der Waals surface area contributed by atoms with E-state index in [1.807, 2.05) is 12.1 Å². The molecular weight excluding hydrogens is 368 g/mol. The summed E-state index contributed by atoms with van der Waals surface area (Å²) in [4.78, 5) is 40.9. The normalized spacial score (nSPS) is 30.1. The Morgan fingerprint density at radius 1 is 1.10 bits per heavy atom. The first-order chi connectivity index (χ1) is 14.1. The minimum absolute atomic E-state index is 0.0935. The molecule has 1 aromatic rings. The van der Waals surface area contributed by atoms with E-state index in [4.69, 9.17) is 0 Å². The van der Waals surface area contributed by atoms with Crippen LogP contribution in [0.1, 0.15) is 53.6 Å². The van der Waals surface area contributed by atoms with Gasteiger partial charge in [0.2, 0.25) is 11.8 Å². The second-order valence-electron chi connectivity index (χ2n) is 8.83. The molecular formula is C22H28N4O3. The molecule has 0 radical (unpaired) electrons. The number of rotatable bonds is 3. The van der Waals surface area contributed by atoms with E-state index in [1.54, 1.807) is 4.90 Å². The molecule has 29 heavy (non-hydrogen) atoms. The molecule has 3 fully saturated rings. The number of likely N-dealkylation sites (tertiary alicyclic amines) is 1. The van der Waals surface area contributed by atoms with Crippen LogP contribution in [0.2, 0.25) is 0 Å². The number of amides is 3. The molecule has 5 rings (SSSR count). The van der Waals surface area contributed by atoms with Crippen LogP contribution in [0.25, 0.3) is 0 Å². The maximum atomic E-state index is 13.0. The number of carbonyl (C=O) groups excluding carboxylic acids is 3. The standard InChI is InChI=1S/C22H28N4O3/c27-20-7-6-19(21(28)24-20)26-12-17-15(3-1-5-16(17)22(26)29)11-25-10-8-14-4-2-9-23-18(14)13-25/h1,3,5,14,18-19,23H,2,4,6-13H2,(H,24,27,28). The zero-order valence-electron chi connectivity index (χ0n) is 16.7. The quantitative estimate of drug-likeness (QED) is 0.746. The van der Waals surface area contributed by atoms with Gasteiger partial charge >= 0.3 is 0 Å². The number of carbonyl (C=O) groups is 3. The molecule has 3 amide bonds. The predicted molar refractivity (Wildman–Crippen MR) is 107 cm³/mol. The lowest BCUT2D eigenvalue weighted by molar-refractivity contribution is -0.136. The van der Waals surface area contributed by atoms with E-state index >= 15 is 0 Å². The lowest BCUT2D eigenvalue weighted by Gasteiger charge is -2.42. The second-order valence-corrected chi connectivity index (χ2v) is 8.83. The Labute approximate surface area is 170 Å². The van der Waals surface area contributed by atoms with Crippen LogP contribution in [0.3, 0.4) is 0 Å². The fourth-order valence-electron chi connectivity index (χ4n) is 5.48. The van der Waals surface area contributed by atoms with Crippen molar-refractivity contribution in [1.29, 1.82) is 0 Å². The predicted octanol–water partition coefficient (Wildman–Crippen LogP) is 1.02. The van der Waals surface area contributed by atoms with Gasteiger partial charge in [-0.15, -0.1) is 0 Å². The molecule has 3 saturated heterocycles. The lowest BCUT2D eigenvalue weighted by atomic mass is 9.84. The molecule has 4 heterocycles. The summed E-state index contributed by atoms with van der Waals surface area (Å²) in [5.41, 5.74) is 2.93. The monoisotopic (exact) mass is 396 g/mol. The Morgan fingerprint density at radius 3 is 2.86 bits per heavy atom. The summed E-state index contributed by atoms with van der Waals surface area (Å²) < 4.78 is 0. The maximum absolute atomic E-state index is 13.0. The third kappa shape index (κ3) is 3.46. The smallest absolute Gasteiger partial charge is 0.255 e. The largest absolute Gasteiger partial charge is 0.322 e. The van der Waals surface area contributed by atoms with Crippen LogP contribution < -0.4 is 10.6 Å². The van der Waals surface area contributed by atoms with Gasteiger partial charge in [0.15, 0.2) is 0 Å². The topological polar surface area (TPSA) is 81.8 Å². The van der Waals surface area contributed by atoms with Crippen molar-refractivity contribution in [1.82, 2.24) is 20.4 Å². The fourth-order valence-corrected chi connectivity index (χ4v) is 5.48. The van der Waals surface area contributed by atoms with Crippen LogP contribution in [-0.2, 0) is 22.7 Å². The average molecular weight is 396 g/mol. The van der Waals surface area contributed by atoms with Gasteiger partial charge in [-0.1, -0.05) is 12.1 Å². The lowest BCUT2D eigenvalue weighted by Crippen LogP contribution is -2.53. The van der Waals surface area contributed by atoms with Gasteiger partial charge in [0.25, 0.3) is 5.91 Å². The molecule has 154 valence electrons. The Balaban J connectivity index is 1.32. The highest BCUT2D eigenvalue weighted by Gasteiger charge is 2.40. The van der Waals surface area contributed by atoms with Crippen LogP contribution >= 0.6 is 0 Å². The highest BCUT2D eigenvalue weighted by Crippen LogP contribution is 2.32. The van der Waals surface area contributed by atoms with Crippen molar-refractivity contribution < 1.29 is 14.4 Å². The zero-order chi connectivity index (χ0) is 20.0. The summed E-state index contributed by atoms with van der Waals surface area (Å²) in [7, 11) is 0. The maximum Gasteiger partial charge on any atom is 0.255 e. The molecule has 7 nitrogen and oxygen atoms in total. The van der Waals surface area contributed by atoms with E-state index in [9.17, 15) is 14.4 Å². The van der Waals surface area contributed by atoms with E-state index < -0.39 is 6.04 Å². The minimum Gasteiger partial charge on any atom is -0.322 e. The Morgan fingerprint density at radius 2 is 2.00 bits per heavy atom. The average Bonchev–Trinajstić information content (AvgIpc) is 3.06. The van der Waals surface area contributed by atoms with Crippen molar-refractivity contribution in [2.45, 2.75) is 57.3 Å². The highest BCUT2D eigenvalue weighted by molar-refractivity contribution is 6.05. The van der Waals surface area contributed by atoms with Gasteiger partial charge in [-0.2, -0.15) is 0 Å². The van der Waals surface area contributed by atoms with Crippen LogP contribution in [0.5, 0.6) is 0 Å². The number of piperidine rings is 3. The number of hydrogen-bond donors (Lipinski definition) is 2. The Hall–Kier alpha value is -2.25. The molecule has 3 atom stereocenters. The Kier molecular flexibility index (Phi) is 4.87. The van der Waals surface area contributed by atoms with Crippen molar-refractivity contribution in [2.75, 3.05) is 19.6 Å². The van der Waals surface area contributed by atoms with E-state index in [0.29, 0.717) is 24.6 Å². The van der Waals surface area contributed by atoms with E-state index in [-0.39, 0.29) is 24.1 Å². The molecule has 0 saturated carbocycles. The van der Waals surface area contributed by atoms with E-state index in [2.05, 4.69) is 21.6 Å². The first kappa shape index (κ1) is 18.8. The molecule has 0 aliphatic carbocycles. The van der Waals surface area contributed by atoms with E-state index in [0.717, 1.165) is 37.7 Å². The molecule has 7 heteroatoms. The third-order valence-corrected chi connectivity index (χ3v) is 7.07. The first-order valence-corrected chi connectivity index (χ1v) is 10.8. The van der Waals surface area contributed by atoms with Crippen LogP contribution in [0.4, 0.5) is 0 Å². The van der Waals surface area contributed by atoms with Crippen LogP contribution in [-0.4, -0.2) is 59.2 Å². The van der Waals surface area contributed by atoms with Gasteiger partial charge < -0.3 is 10.2 Å². The van der Waals surface area contributed by atoms with Crippen molar-refractivity contribution >= 4 is 17.7 Å². The third-order valence-electron chi connectivity index (χ3n) is 7.07. The SMILES string of the molecule is O=C1CCC(N2Cc3c(CN4CCC5CCCNC5C4)cccc3C2=O)C(=O)N1. The van der Waals surface area contributed by atoms with E-state index in [1.165, 1.54) is 24.8 Å². The van der Waals surface area contributed by atoms with Gasteiger partial charge in [-0.3, -0.25) is 24.6 Å². The first-order valence-electron chi connectivity index (χ1n) is 10.8. The summed E-state index contributed by atoms with van der Waals surface area (Å²) in [6.45, 7) is 4.56. The number of hydrogen-bond acceptors (Lipinski definition) is 5. The summed E-state index contributed by atoms with van der Waals surface area (Å²) in [5, 5.41) is 6.05. The number of imide groups is 1. The molecule has 3 unspecified atom stereocenters. The number of nitrogens with one attached hydrogen (secondary N) is 2. The molecule has 1 aromatic carbocycles. The van der Waals surface area contributed by atoms with Gasteiger partial charge in [0.05, 0.1) is 0 Å². The number of benzene rings is 1. The van der Waals surface area contributed by atoms with Gasteiger partial charge in [0, 0.05) is 37.7 Å². The zero-order valence-corrected chi connectivity index (χ0v) is 16.7. The van der Waals surface area contributed by atoms with Crippen molar-refractivity contribution in [2.24, 2.45) is 5.92 Å². The molecule has 0 aromatic heterocycles. The van der Waals surface area contributed by atoms with Gasteiger partial charge in [-0.25, -0.2) is 0 Å². The molecule has 4 aliphatic heterocycles. The van der Waals surface area contributed by atoms with Crippen molar-refractivity contribution in [3.8, 4) is 0 Å². The Bertz CT molecular complexity index is 854. The van der Waals surface area contributed by atoms with Crippen LogP contribution in [0.15, 0.2) is 18.2 Å². The number of nitrogens with zero attached hydrogens (tertiary/aromatic N) is 2. The highest BCUT2D eigenvalue weighted by atomic mass is 16.2. The van der Waals surface area contributed by atoms with Gasteiger partial charge in [-0.05, 0) is 61.9 Å². The van der Waals surface area contributed by atoms with Crippen molar-refractivity contribution in [3.05, 3.63) is 34.9 Å². The van der Waals surface area contributed by atoms with Gasteiger partial charge in [0.1, 0.15) is 6.04 Å². The summed E-state index contributed by atoms with van der Waals surface area (Å²) >= 11 is 0. The fraction of sp³-hybridized carbons (Fsp3) is 0.591. The summed E-state index contributed by atoms with van der Waals surface area (Å²) in [5.74, 6) is 0.0975. The second kappa shape index (κ2) is 7.54. The molecule has 4 aliphatic rings. The van der Waals surface area contributed by atoms with Crippen LogP contribution in [0, 0.1) is 5.92 Å². The summed E-state index contributed by atoms with van der Waals surface area (Å²) in [6, 6.07) is 5.95. The number of fused-ring (bicyclic) bond motifs is 2.